The van der Waals surface area contributed by atoms with E-state index in [1.165, 1.54) is 18.3 Å². The summed E-state index contributed by atoms with van der Waals surface area (Å²) in [4.78, 5) is 12.7. The van der Waals surface area contributed by atoms with Crippen molar-refractivity contribution in [2.75, 3.05) is 17.5 Å². The summed E-state index contributed by atoms with van der Waals surface area (Å²) in [6.45, 7) is 1.58. The van der Waals surface area contributed by atoms with Crippen molar-refractivity contribution in [3.8, 4) is 5.75 Å². The summed E-state index contributed by atoms with van der Waals surface area (Å²) in [5.74, 6) is -0.334. The van der Waals surface area contributed by atoms with Crippen molar-refractivity contribution in [1.29, 1.82) is 0 Å². The van der Waals surface area contributed by atoms with Gasteiger partial charge < -0.3 is 4.74 Å². The first-order chi connectivity index (χ1) is 15.8. The minimum absolute atomic E-state index is 0.0375. The summed E-state index contributed by atoms with van der Waals surface area (Å²) in [6.07, 6.45) is 1.30. The molecule has 3 rings (SSSR count). The Balaban J connectivity index is 1.91. The zero-order valence-corrected chi connectivity index (χ0v) is 19.9. The summed E-state index contributed by atoms with van der Waals surface area (Å²) in [6, 6.07) is 19.4. The Morgan fingerprint density at radius 3 is 2.30 bits per heavy atom. The molecule has 3 aromatic rings. The van der Waals surface area contributed by atoms with Gasteiger partial charge >= 0.3 is 0 Å². The maximum absolute atomic E-state index is 13.4. The van der Waals surface area contributed by atoms with Crippen LogP contribution in [0.5, 0.6) is 5.75 Å². The predicted octanol–water partition coefficient (Wildman–Crippen LogP) is 4.74. The Hall–Kier alpha value is -3.07. The van der Waals surface area contributed by atoms with Gasteiger partial charge in [-0.1, -0.05) is 59.6 Å². The molecule has 0 aromatic heterocycles. The van der Waals surface area contributed by atoms with Crippen molar-refractivity contribution in [2.45, 2.75) is 11.8 Å². The molecule has 0 radical (unpaired) electrons. The van der Waals surface area contributed by atoms with Gasteiger partial charge in [-0.05, 0) is 43.3 Å². The maximum atomic E-state index is 13.4. The van der Waals surface area contributed by atoms with Crippen LogP contribution in [0.25, 0.3) is 0 Å². The van der Waals surface area contributed by atoms with E-state index in [1.807, 2.05) is 0 Å². The molecule has 3 aromatic carbocycles. The second-order valence-electron chi connectivity index (χ2n) is 6.65. The van der Waals surface area contributed by atoms with E-state index in [0.29, 0.717) is 28.0 Å². The summed E-state index contributed by atoms with van der Waals surface area (Å²) >= 11 is 12.2. The van der Waals surface area contributed by atoms with Gasteiger partial charge in [0.05, 0.1) is 33.4 Å². The lowest BCUT2D eigenvalue weighted by Gasteiger charge is -2.25. The normalized spacial score (nSPS) is 11.4. The number of hydrogen-bond acceptors (Lipinski definition) is 5. The van der Waals surface area contributed by atoms with E-state index < -0.39 is 22.5 Å². The molecular weight excluding hydrogens is 485 g/mol. The number of nitrogens with zero attached hydrogens (tertiary/aromatic N) is 2. The third-order valence-corrected chi connectivity index (χ3v) is 6.87. The number of benzene rings is 3. The van der Waals surface area contributed by atoms with Crippen LogP contribution < -0.4 is 14.5 Å². The van der Waals surface area contributed by atoms with E-state index in [9.17, 15) is 13.2 Å². The fraction of sp³-hybridized carbons (Fsp3) is 0.130. The van der Waals surface area contributed by atoms with Crippen molar-refractivity contribution in [1.82, 2.24) is 5.43 Å². The molecule has 0 saturated carbocycles. The second kappa shape index (κ2) is 11.2. The highest BCUT2D eigenvalue weighted by atomic mass is 35.5. The zero-order chi connectivity index (χ0) is 23.8. The van der Waals surface area contributed by atoms with Gasteiger partial charge in [-0.25, -0.2) is 13.8 Å². The Labute approximate surface area is 202 Å². The number of ether oxygens (including phenoxy) is 1. The third kappa shape index (κ3) is 6.04. The van der Waals surface area contributed by atoms with Crippen LogP contribution in [0.3, 0.4) is 0 Å². The molecular formula is C23H21Cl2N3O4S. The number of para-hydroxylation sites is 2. The number of carbonyl (C=O) groups excluding carboxylic acids is 1. The van der Waals surface area contributed by atoms with Crippen LogP contribution in [0.2, 0.25) is 10.0 Å². The molecule has 0 fully saturated rings. The van der Waals surface area contributed by atoms with Crippen LogP contribution in [0, 0.1) is 0 Å². The van der Waals surface area contributed by atoms with Gasteiger partial charge in [0, 0.05) is 5.56 Å². The molecule has 0 unspecified atom stereocenters. The van der Waals surface area contributed by atoms with Crippen molar-refractivity contribution < 1.29 is 17.9 Å². The standard InChI is InChI=1S/C23H21Cl2N3O4S/c1-2-32-22-14-7-6-13-21(22)28(33(30,31)17-9-4-3-5-10-17)16-23(29)27-26-15-18-19(24)11-8-12-20(18)25/h3-15H,2,16H2,1H3,(H,27,29)/b26-15-. The molecule has 10 heteroatoms. The van der Waals surface area contributed by atoms with Crippen molar-refractivity contribution in [3.05, 3.63) is 88.4 Å². The summed E-state index contributed by atoms with van der Waals surface area (Å²) in [7, 11) is -4.08. The molecule has 0 atom stereocenters. The smallest absolute Gasteiger partial charge is 0.264 e. The van der Waals surface area contributed by atoms with E-state index in [0.717, 1.165) is 4.31 Å². The van der Waals surface area contributed by atoms with Gasteiger partial charge in [0.25, 0.3) is 15.9 Å². The van der Waals surface area contributed by atoms with E-state index in [1.54, 1.807) is 67.6 Å². The third-order valence-electron chi connectivity index (χ3n) is 4.43. The zero-order valence-electron chi connectivity index (χ0n) is 17.6. The maximum Gasteiger partial charge on any atom is 0.264 e. The van der Waals surface area contributed by atoms with Crippen LogP contribution in [-0.4, -0.2) is 33.7 Å². The molecule has 0 heterocycles. The van der Waals surface area contributed by atoms with Crippen LogP contribution >= 0.6 is 23.2 Å². The molecule has 0 aliphatic carbocycles. The molecule has 1 N–H and O–H groups in total. The van der Waals surface area contributed by atoms with Gasteiger partial charge in [-0.3, -0.25) is 9.10 Å². The number of hydrazone groups is 1. The highest BCUT2D eigenvalue weighted by Crippen LogP contribution is 2.32. The first-order valence-corrected chi connectivity index (χ1v) is 12.1. The lowest BCUT2D eigenvalue weighted by Crippen LogP contribution is -2.39. The average Bonchev–Trinajstić information content (AvgIpc) is 2.81. The fourth-order valence-corrected chi connectivity index (χ4v) is 4.88. The number of halogens is 2. The molecule has 0 saturated heterocycles. The summed E-state index contributed by atoms with van der Waals surface area (Å²) < 4.78 is 33.4. The molecule has 7 nitrogen and oxygen atoms in total. The minimum Gasteiger partial charge on any atom is -0.492 e. The highest BCUT2D eigenvalue weighted by Gasteiger charge is 2.29. The quantitative estimate of drug-likeness (QED) is 0.336. The van der Waals surface area contributed by atoms with Crippen molar-refractivity contribution >= 4 is 51.0 Å². The fourth-order valence-electron chi connectivity index (χ4n) is 2.93. The van der Waals surface area contributed by atoms with Crippen LogP contribution in [0.1, 0.15) is 12.5 Å². The topological polar surface area (TPSA) is 88.1 Å². The van der Waals surface area contributed by atoms with Gasteiger partial charge in [0.2, 0.25) is 0 Å². The van der Waals surface area contributed by atoms with E-state index in [4.69, 9.17) is 27.9 Å². The molecule has 0 bridgehead atoms. The molecule has 0 spiro atoms. The second-order valence-corrected chi connectivity index (χ2v) is 9.33. The SMILES string of the molecule is CCOc1ccccc1N(CC(=O)N/N=C\c1c(Cl)cccc1Cl)S(=O)(=O)c1ccccc1. The Kier molecular flexibility index (Phi) is 8.32. The highest BCUT2D eigenvalue weighted by molar-refractivity contribution is 7.92. The number of amides is 1. The molecule has 0 aliphatic heterocycles. The van der Waals surface area contributed by atoms with E-state index >= 15 is 0 Å². The first kappa shape index (κ1) is 24.6. The number of anilines is 1. The van der Waals surface area contributed by atoms with Gasteiger partial charge in [-0.2, -0.15) is 5.10 Å². The Morgan fingerprint density at radius 1 is 1.00 bits per heavy atom. The van der Waals surface area contributed by atoms with Gasteiger partial charge in [0.1, 0.15) is 12.3 Å². The average molecular weight is 506 g/mol. The lowest BCUT2D eigenvalue weighted by atomic mass is 10.2. The summed E-state index contributed by atoms with van der Waals surface area (Å²) in [5.41, 5.74) is 2.99. The number of nitrogens with one attached hydrogen (secondary N) is 1. The predicted molar refractivity (Wildman–Crippen MR) is 131 cm³/mol. The molecule has 33 heavy (non-hydrogen) atoms. The minimum atomic E-state index is -4.08. The van der Waals surface area contributed by atoms with Crippen molar-refractivity contribution in [3.63, 3.8) is 0 Å². The number of sulfonamides is 1. The van der Waals surface area contributed by atoms with Crippen LogP contribution in [-0.2, 0) is 14.8 Å². The molecule has 0 aliphatic rings. The number of rotatable bonds is 9. The van der Waals surface area contributed by atoms with Gasteiger partial charge in [0.15, 0.2) is 0 Å². The van der Waals surface area contributed by atoms with Crippen LogP contribution in [0.15, 0.2) is 82.8 Å². The number of carbonyl (C=O) groups is 1. The lowest BCUT2D eigenvalue weighted by molar-refractivity contribution is -0.119. The van der Waals surface area contributed by atoms with E-state index in [-0.39, 0.29) is 10.6 Å². The number of hydrogen-bond donors (Lipinski definition) is 1. The van der Waals surface area contributed by atoms with Gasteiger partial charge in [-0.15, -0.1) is 0 Å². The Bertz CT molecular complexity index is 1230. The monoisotopic (exact) mass is 505 g/mol. The summed E-state index contributed by atoms with van der Waals surface area (Å²) in [5, 5.41) is 4.60. The van der Waals surface area contributed by atoms with Crippen molar-refractivity contribution in [2.24, 2.45) is 5.10 Å². The largest absolute Gasteiger partial charge is 0.492 e. The first-order valence-electron chi connectivity index (χ1n) is 9.90. The molecule has 1 amide bonds. The van der Waals surface area contributed by atoms with Crippen LogP contribution in [0.4, 0.5) is 5.69 Å². The van der Waals surface area contributed by atoms with E-state index in [2.05, 4.69) is 10.5 Å². The Morgan fingerprint density at radius 2 is 1.64 bits per heavy atom. The molecule has 172 valence electrons.